The molecule has 1 atom stereocenters. The summed E-state index contributed by atoms with van der Waals surface area (Å²) in [4.78, 5) is 0. The molecule has 0 radical (unpaired) electrons. The molecule has 2 N–H and O–H groups in total. The highest BCUT2D eigenvalue weighted by molar-refractivity contribution is 5.36. The van der Waals surface area contributed by atoms with Crippen LogP contribution in [0.4, 0.5) is 0 Å². The molecule has 0 spiro atoms. The lowest BCUT2D eigenvalue weighted by Gasteiger charge is -2.25. The molecule has 0 aromatic heterocycles. The van der Waals surface area contributed by atoms with Gasteiger partial charge < -0.3 is 10.2 Å². The first kappa shape index (κ1) is 13.0. The minimum absolute atomic E-state index is 0.0318. The number of aliphatic hydroxyl groups is 1. The first-order chi connectivity index (χ1) is 7.33. The van der Waals surface area contributed by atoms with Gasteiger partial charge in [0.25, 0.3) is 0 Å². The van der Waals surface area contributed by atoms with E-state index in [4.69, 9.17) is 0 Å². The Hall–Kier alpha value is -1.02. The van der Waals surface area contributed by atoms with E-state index >= 15 is 0 Å². The largest absolute Gasteiger partial charge is 0.508 e. The first-order valence-electron chi connectivity index (χ1n) is 5.76. The monoisotopic (exact) mass is 222 g/mol. The Morgan fingerprint density at radius 1 is 1.25 bits per heavy atom. The third-order valence-corrected chi connectivity index (χ3v) is 2.75. The summed E-state index contributed by atoms with van der Waals surface area (Å²) in [6, 6.07) is 5.19. The van der Waals surface area contributed by atoms with Crippen molar-refractivity contribution in [2.24, 2.45) is 5.41 Å². The maximum Gasteiger partial charge on any atom is 0.115 e. The number of hydrogen-bond donors (Lipinski definition) is 2. The predicted molar refractivity (Wildman–Crippen MR) is 66.5 cm³/mol. The smallest absolute Gasteiger partial charge is 0.115 e. The zero-order valence-corrected chi connectivity index (χ0v) is 10.6. The van der Waals surface area contributed by atoms with E-state index in [1.165, 1.54) is 0 Å². The van der Waals surface area contributed by atoms with Crippen LogP contribution in [-0.2, 0) is 6.61 Å². The van der Waals surface area contributed by atoms with Gasteiger partial charge in [-0.1, -0.05) is 33.8 Å². The number of rotatable bonds is 3. The number of hydrogen-bond acceptors (Lipinski definition) is 2. The lowest BCUT2D eigenvalue weighted by molar-refractivity contribution is 0.277. The number of benzene rings is 1. The molecule has 2 heteroatoms. The molecule has 1 unspecified atom stereocenters. The maximum absolute atomic E-state index is 9.50. The van der Waals surface area contributed by atoms with Crippen LogP contribution in [0, 0.1) is 5.41 Å². The van der Waals surface area contributed by atoms with Crippen molar-refractivity contribution in [1.82, 2.24) is 0 Å². The van der Waals surface area contributed by atoms with Crippen molar-refractivity contribution in [1.29, 1.82) is 0 Å². The Morgan fingerprint density at radius 2 is 1.88 bits per heavy atom. The van der Waals surface area contributed by atoms with E-state index in [9.17, 15) is 10.2 Å². The highest BCUT2D eigenvalue weighted by Gasteiger charge is 2.18. The summed E-state index contributed by atoms with van der Waals surface area (Å²) >= 11 is 0. The van der Waals surface area contributed by atoms with Gasteiger partial charge in [-0.25, -0.2) is 0 Å². The van der Waals surface area contributed by atoms with Crippen LogP contribution in [0.2, 0.25) is 0 Å². The Bertz CT molecular complexity index is 350. The van der Waals surface area contributed by atoms with Crippen LogP contribution in [0.3, 0.4) is 0 Å². The zero-order valence-electron chi connectivity index (χ0n) is 10.6. The van der Waals surface area contributed by atoms with Gasteiger partial charge in [0.05, 0.1) is 6.61 Å². The standard InChI is InChI=1S/C14H22O2/c1-10(8-14(2,3)4)13-7-12(16)6-5-11(13)9-15/h5-7,10,15-16H,8-9H2,1-4H3. The fourth-order valence-corrected chi connectivity index (χ4v) is 2.21. The van der Waals surface area contributed by atoms with E-state index in [2.05, 4.69) is 27.7 Å². The van der Waals surface area contributed by atoms with Gasteiger partial charge in [0.15, 0.2) is 0 Å². The summed E-state index contributed by atoms with van der Waals surface area (Å²) < 4.78 is 0. The Kier molecular flexibility index (Phi) is 3.98. The second-order valence-electron chi connectivity index (χ2n) is 5.71. The highest BCUT2D eigenvalue weighted by Crippen LogP contribution is 2.33. The van der Waals surface area contributed by atoms with Crippen molar-refractivity contribution in [3.63, 3.8) is 0 Å². The number of aliphatic hydroxyl groups excluding tert-OH is 1. The highest BCUT2D eigenvalue weighted by atomic mass is 16.3. The third kappa shape index (κ3) is 3.53. The molecule has 0 fully saturated rings. The Labute approximate surface area is 97.9 Å². The van der Waals surface area contributed by atoms with Crippen LogP contribution >= 0.6 is 0 Å². The van der Waals surface area contributed by atoms with Gasteiger partial charge in [-0.15, -0.1) is 0 Å². The molecular weight excluding hydrogens is 200 g/mol. The van der Waals surface area contributed by atoms with E-state index in [1.54, 1.807) is 18.2 Å². The fourth-order valence-electron chi connectivity index (χ4n) is 2.21. The molecule has 0 aliphatic carbocycles. The molecule has 0 aliphatic rings. The van der Waals surface area contributed by atoms with E-state index in [0.29, 0.717) is 5.92 Å². The molecule has 0 heterocycles. The van der Waals surface area contributed by atoms with Crippen molar-refractivity contribution in [2.75, 3.05) is 0 Å². The van der Waals surface area contributed by atoms with E-state index in [-0.39, 0.29) is 17.8 Å². The van der Waals surface area contributed by atoms with E-state index in [0.717, 1.165) is 17.5 Å². The average Bonchev–Trinajstić information content (AvgIpc) is 2.15. The number of aromatic hydroxyl groups is 1. The number of phenolic OH excluding ortho intramolecular Hbond substituents is 1. The van der Waals surface area contributed by atoms with Crippen molar-refractivity contribution < 1.29 is 10.2 Å². The average molecular weight is 222 g/mol. The quantitative estimate of drug-likeness (QED) is 0.822. The van der Waals surface area contributed by atoms with Crippen molar-refractivity contribution in [3.05, 3.63) is 29.3 Å². The summed E-state index contributed by atoms with van der Waals surface area (Å²) in [6.07, 6.45) is 1.03. The third-order valence-electron chi connectivity index (χ3n) is 2.75. The topological polar surface area (TPSA) is 40.5 Å². The van der Waals surface area contributed by atoms with Crippen LogP contribution in [0.1, 0.15) is 51.2 Å². The summed E-state index contributed by atoms with van der Waals surface area (Å²) in [5.74, 6) is 0.613. The Morgan fingerprint density at radius 3 is 2.38 bits per heavy atom. The molecule has 0 bridgehead atoms. The van der Waals surface area contributed by atoms with Gasteiger partial charge in [-0.3, -0.25) is 0 Å². The van der Waals surface area contributed by atoms with E-state index < -0.39 is 0 Å². The van der Waals surface area contributed by atoms with Crippen LogP contribution in [0.5, 0.6) is 5.75 Å². The van der Waals surface area contributed by atoms with Crippen molar-refractivity contribution in [2.45, 2.75) is 46.6 Å². The van der Waals surface area contributed by atoms with Crippen LogP contribution in [-0.4, -0.2) is 10.2 Å². The van der Waals surface area contributed by atoms with Gasteiger partial charge >= 0.3 is 0 Å². The van der Waals surface area contributed by atoms with Gasteiger partial charge in [0, 0.05) is 0 Å². The summed E-state index contributed by atoms with van der Waals surface area (Å²) in [5.41, 5.74) is 2.21. The minimum atomic E-state index is 0.0318. The zero-order chi connectivity index (χ0) is 12.3. The molecule has 16 heavy (non-hydrogen) atoms. The SMILES string of the molecule is CC(CC(C)(C)C)c1cc(O)ccc1CO. The molecule has 90 valence electrons. The molecular formula is C14H22O2. The maximum atomic E-state index is 9.50. The molecule has 0 aliphatic heterocycles. The molecule has 0 saturated carbocycles. The summed E-state index contributed by atoms with van der Waals surface area (Å²) in [5, 5.41) is 18.8. The molecule has 0 amide bonds. The molecule has 1 rings (SSSR count). The fraction of sp³-hybridized carbons (Fsp3) is 0.571. The van der Waals surface area contributed by atoms with Crippen LogP contribution in [0.25, 0.3) is 0 Å². The van der Waals surface area contributed by atoms with Gasteiger partial charge in [0.1, 0.15) is 5.75 Å². The second-order valence-corrected chi connectivity index (χ2v) is 5.71. The first-order valence-corrected chi connectivity index (χ1v) is 5.76. The minimum Gasteiger partial charge on any atom is -0.508 e. The Balaban J connectivity index is 2.97. The molecule has 1 aromatic rings. The van der Waals surface area contributed by atoms with Gasteiger partial charge in [0.2, 0.25) is 0 Å². The van der Waals surface area contributed by atoms with Crippen molar-refractivity contribution in [3.8, 4) is 5.75 Å². The predicted octanol–water partition coefficient (Wildman–Crippen LogP) is 3.42. The van der Waals surface area contributed by atoms with Crippen LogP contribution < -0.4 is 0 Å². The van der Waals surface area contributed by atoms with Crippen molar-refractivity contribution >= 4 is 0 Å². The molecule has 2 nitrogen and oxygen atoms in total. The molecule has 1 aromatic carbocycles. The summed E-state index contributed by atoms with van der Waals surface area (Å²) in [6.45, 7) is 8.77. The molecule has 0 saturated heterocycles. The van der Waals surface area contributed by atoms with E-state index in [1.807, 2.05) is 0 Å². The summed E-state index contributed by atoms with van der Waals surface area (Å²) in [7, 11) is 0. The van der Waals surface area contributed by atoms with Gasteiger partial charge in [-0.2, -0.15) is 0 Å². The lowest BCUT2D eigenvalue weighted by Crippen LogP contribution is -2.11. The normalized spacial score (nSPS) is 13.8. The lowest BCUT2D eigenvalue weighted by atomic mass is 9.81. The second kappa shape index (κ2) is 4.88. The van der Waals surface area contributed by atoms with Gasteiger partial charge in [-0.05, 0) is 41.0 Å². The number of phenols is 1. The van der Waals surface area contributed by atoms with Crippen LogP contribution in [0.15, 0.2) is 18.2 Å².